The lowest BCUT2D eigenvalue weighted by molar-refractivity contribution is -0.169. The lowest BCUT2D eigenvalue weighted by atomic mass is 10.1. The summed E-state index contributed by atoms with van der Waals surface area (Å²) in [6.07, 6.45) is 51.3. The van der Waals surface area contributed by atoms with Crippen LogP contribution in [-0.4, -0.2) is 35.3 Å². The Labute approximate surface area is 353 Å². The van der Waals surface area contributed by atoms with Gasteiger partial charge >= 0.3 is 0 Å². The molecule has 0 heterocycles. The van der Waals surface area contributed by atoms with E-state index < -0.39 is 17.6 Å². The van der Waals surface area contributed by atoms with E-state index in [0.717, 1.165) is 6.42 Å². The summed E-state index contributed by atoms with van der Waals surface area (Å²) in [5, 5.41) is 0. The fourth-order valence-electron chi connectivity index (χ4n) is 8.62. The van der Waals surface area contributed by atoms with Gasteiger partial charge in [0.05, 0.1) is 17.6 Å². The van der Waals surface area contributed by atoms with E-state index in [1.54, 1.807) is 0 Å². The molecular weight excluding hydrogens is 701 g/mol. The monoisotopic (exact) mass is 807 g/mol. The van der Waals surface area contributed by atoms with Gasteiger partial charge in [0.2, 0.25) is 0 Å². The quantitative estimate of drug-likeness (QED) is 0.0346. The molecule has 55 heavy (non-hydrogen) atoms. The number of hydrogen-bond donors (Lipinski definition) is 0. The molecule has 4 heteroatoms. The van der Waals surface area contributed by atoms with E-state index in [0.29, 0.717) is 11.5 Å². The molecule has 0 spiro atoms. The molecule has 0 aliphatic rings. The highest BCUT2D eigenvalue weighted by atomic mass is 28.3. The number of hydrogen-bond acceptors (Lipinski definition) is 2. The molecule has 0 amide bonds. The van der Waals surface area contributed by atoms with Crippen LogP contribution in [0, 0.1) is 0 Å². The molecule has 2 atom stereocenters. The molecule has 0 aromatic carbocycles. The van der Waals surface area contributed by atoms with E-state index in [4.69, 9.17) is 9.47 Å². The topological polar surface area (TPSA) is 18.5 Å². The molecule has 0 aliphatic carbocycles. The van der Waals surface area contributed by atoms with Gasteiger partial charge in [0.15, 0.2) is 6.29 Å². The Morgan fingerprint density at radius 3 is 0.727 bits per heavy atom. The summed E-state index contributed by atoms with van der Waals surface area (Å²) in [6.45, 7) is 16.5. The van der Waals surface area contributed by atoms with Gasteiger partial charge in [-0.25, -0.2) is 0 Å². The minimum absolute atomic E-state index is 0.00417. The average Bonchev–Trinajstić information content (AvgIpc) is 3.19. The lowest BCUT2D eigenvalue weighted by Gasteiger charge is -2.34. The Morgan fingerprint density at radius 1 is 0.273 bits per heavy atom. The predicted molar refractivity (Wildman–Crippen MR) is 255 cm³/mol. The fourth-order valence-corrected chi connectivity index (χ4v) is 15.1. The Balaban J connectivity index is 6.09. The zero-order valence-electron chi connectivity index (χ0n) is 39.5. The first-order valence-electron chi connectivity index (χ1n) is 26.1. The highest BCUT2D eigenvalue weighted by Crippen LogP contribution is 2.28. The van der Waals surface area contributed by atoms with E-state index in [9.17, 15) is 0 Å². The number of rotatable bonds is 47. The Morgan fingerprint density at radius 2 is 0.491 bits per heavy atom. The molecule has 2 unspecified atom stereocenters. The van der Waals surface area contributed by atoms with Gasteiger partial charge in [-0.05, 0) is 19.3 Å². The summed E-state index contributed by atoms with van der Waals surface area (Å²) >= 11 is 0. The summed E-state index contributed by atoms with van der Waals surface area (Å²) < 4.78 is 14.9. The predicted octanol–water partition coefficient (Wildman–Crippen LogP) is 18.7. The molecule has 0 aliphatic heterocycles. The van der Waals surface area contributed by atoms with E-state index in [1.807, 2.05) is 0 Å². The zero-order chi connectivity index (χ0) is 40.3. The van der Waals surface area contributed by atoms with Gasteiger partial charge in [-0.1, -0.05) is 291 Å². The van der Waals surface area contributed by atoms with Crippen LogP contribution in [0.5, 0.6) is 0 Å². The Kier molecular flexibility index (Phi) is 45.7. The lowest BCUT2D eigenvalue weighted by Crippen LogP contribution is -2.42. The second-order valence-electron chi connectivity index (χ2n) is 17.9. The minimum Gasteiger partial charge on any atom is -0.353 e. The second-order valence-corrected chi connectivity index (χ2v) is 23.8. The maximum Gasteiger partial charge on any atom is 0.157 e. The van der Waals surface area contributed by atoms with Crippen LogP contribution in [0.25, 0.3) is 0 Å². The van der Waals surface area contributed by atoms with Crippen molar-refractivity contribution in [3.8, 4) is 0 Å². The van der Waals surface area contributed by atoms with Crippen LogP contribution in [0.1, 0.15) is 286 Å². The number of unbranched alkanes of at least 4 members (excludes halogenated alkanes) is 28. The van der Waals surface area contributed by atoms with Gasteiger partial charge < -0.3 is 9.47 Å². The van der Waals surface area contributed by atoms with Crippen LogP contribution in [0.15, 0.2) is 0 Å². The first kappa shape index (κ1) is 55.4. The van der Waals surface area contributed by atoms with Crippen molar-refractivity contribution in [3.63, 3.8) is 0 Å². The normalized spacial score (nSPS) is 13.7. The second kappa shape index (κ2) is 45.4. The molecule has 0 aromatic heterocycles. The standard InChI is InChI=1S/C51H106O2Si2/c1-8-15-21-27-33-39-45-54(46-40-34-28-22-16-9-2)50(43-37-31-25-19-12-5)52-49(14-7)53-51(44-38-32-26-20-13-6)55(47-41-35-29-23-17-10-3)48-42-36-30-24-18-11-4/h49-51H,8-48H2,1-7H3. The Hall–Kier alpha value is 0.354. The van der Waals surface area contributed by atoms with Crippen molar-refractivity contribution < 1.29 is 9.47 Å². The van der Waals surface area contributed by atoms with E-state index >= 15 is 0 Å². The first-order chi connectivity index (χ1) is 27.1. The molecule has 0 rings (SSSR count). The SMILES string of the molecule is CCCCCCCC[Si](CCCCCCCC)C(CCCCCCC)OC(CC)OC(CCCCCCC)[Si](CCCCCCCC)CCCCCCCC. The van der Waals surface area contributed by atoms with Crippen LogP contribution < -0.4 is 0 Å². The third kappa shape index (κ3) is 36.0. The van der Waals surface area contributed by atoms with Gasteiger partial charge in [0.1, 0.15) is 0 Å². The summed E-state index contributed by atoms with van der Waals surface area (Å²) in [5.74, 6) is 0. The fraction of sp³-hybridized carbons (Fsp3) is 1.00. The van der Waals surface area contributed by atoms with Gasteiger partial charge in [-0.3, -0.25) is 0 Å². The zero-order valence-corrected chi connectivity index (χ0v) is 41.5. The van der Waals surface area contributed by atoms with Crippen molar-refractivity contribution in [1.82, 2.24) is 0 Å². The average molecular weight is 808 g/mol. The molecular formula is C51H106O2Si2. The van der Waals surface area contributed by atoms with Gasteiger partial charge in [0.25, 0.3) is 0 Å². The van der Waals surface area contributed by atoms with Crippen molar-refractivity contribution >= 4 is 17.6 Å². The maximum absolute atomic E-state index is 7.46. The third-order valence-corrected chi connectivity index (χ3v) is 19.1. The van der Waals surface area contributed by atoms with Crippen LogP contribution in [0.4, 0.5) is 0 Å². The van der Waals surface area contributed by atoms with Gasteiger partial charge in [0, 0.05) is 11.5 Å². The molecule has 0 aromatic rings. The van der Waals surface area contributed by atoms with Crippen LogP contribution in [0.2, 0.25) is 24.2 Å². The van der Waals surface area contributed by atoms with Crippen LogP contribution in [-0.2, 0) is 9.47 Å². The minimum atomic E-state index is -0.591. The van der Waals surface area contributed by atoms with Gasteiger partial charge in [-0.2, -0.15) is 0 Å². The number of ether oxygens (including phenoxy) is 2. The molecule has 2 nitrogen and oxygen atoms in total. The highest BCUT2D eigenvalue weighted by molar-refractivity contribution is 6.60. The van der Waals surface area contributed by atoms with Crippen molar-refractivity contribution in [2.45, 2.75) is 328 Å². The van der Waals surface area contributed by atoms with E-state index in [-0.39, 0.29) is 6.29 Å². The van der Waals surface area contributed by atoms with E-state index in [2.05, 4.69) is 48.5 Å². The van der Waals surface area contributed by atoms with Crippen molar-refractivity contribution in [3.05, 3.63) is 0 Å². The molecule has 0 N–H and O–H groups in total. The molecule has 2 radical (unpaired) electrons. The summed E-state index contributed by atoms with van der Waals surface area (Å²) in [6, 6.07) is 5.86. The molecule has 0 saturated heterocycles. The highest BCUT2D eigenvalue weighted by Gasteiger charge is 2.30. The van der Waals surface area contributed by atoms with Gasteiger partial charge in [-0.15, -0.1) is 0 Å². The summed E-state index contributed by atoms with van der Waals surface area (Å²) in [4.78, 5) is 0. The van der Waals surface area contributed by atoms with Crippen molar-refractivity contribution in [2.75, 3.05) is 0 Å². The van der Waals surface area contributed by atoms with Crippen LogP contribution >= 0.6 is 0 Å². The van der Waals surface area contributed by atoms with E-state index in [1.165, 1.54) is 255 Å². The van der Waals surface area contributed by atoms with Crippen molar-refractivity contribution in [1.29, 1.82) is 0 Å². The first-order valence-corrected chi connectivity index (χ1v) is 30.1. The van der Waals surface area contributed by atoms with Crippen LogP contribution in [0.3, 0.4) is 0 Å². The maximum atomic E-state index is 7.46. The molecule has 0 saturated carbocycles. The molecule has 0 fully saturated rings. The molecule has 330 valence electrons. The smallest absolute Gasteiger partial charge is 0.157 e. The molecule has 0 bridgehead atoms. The van der Waals surface area contributed by atoms with Crippen molar-refractivity contribution in [2.24, 2.45) is 0 Å². The Bertz CT molecular complexity index is 616. The summed E-state index contributed by atoms with van der Waals surface area (Å²) in [7, 11) is -1.18. The largest absolute Gasteiger partial charge is 0.353 e. The third-order valence-electron chi connectivity index (χ3n) is 12.4. The summed E-state index contributed by atoms with van der Waals surface area (Å²) in [5.41, 5.74) is 0.946.